The normalized spacial score (nSPS) is 14.6. The van der Waals surface area contributed by atoms with E-state index in [1.54, 1.807) is 7.11 Å². The van der Waals surface area contributed by atoms with E-state index in [1.165, 1.54) is 5.56 Å². The van der Waals surface area contributed by atoms with Gasteiger partial charge >= 0.3 is 0 Å². The maximum atomic E-state index is 5.98. The number of rotatable bonds is 1. The number of hydrogen-bond acceptors (Lipinski definition) is 2. The van der Waals surface area contributed by atoms with Crippen molar-refractivity contribution in [1.82, 2.24) is 0 Å². The molecule has 13 heavy (non-hydrogen) atoms. The summed E-state index contributed by atoms with van der Waals surface area (Å²) in [5.74, 6) is 1.59. The number of methoxy groups -OCH3 is 1. The van der Waals surface area contributed by atoms with Crippen LogP contribution in [-0.4, -0.2) is 13.7 Å². The maximum absolute atomic E-state index is 5.98. The quantitative estimate of drug-likeness (QED) is 0.691. The zero-order valence-corrected chi connectivity index (χ0v) is 8.23. The first-order valence-electron chi connectivity index (χ1n) is 4.30. The fraction of sp³-hybridized carbons (Fsp3) is 0.400. The van der Waals surface area contributed by atoms with Gasteiger partial charge in [-0.15, -0.1) is 0 Å². The predicted molar refractivity (Wildman–Crippen MR) is 51.8 cm³/mol. The second-order valence-corrected chi connectivity index (χ2v) is 3.45. The molecule has 0 aliphatic carbocycles. The van der Waals surface area contributed by atoms with Crippen LogP contribution >= 0.6 is 11.6 Å². The zero-order valence-electron chi connectivity index (χ0n) is 7.47. The van der Waals surface area contributed by atoms with Crippen LogP contribution in [-0.2, 0) is 6.42 Å². The molecule has 1 heterocycles. The Morgan fingerprint density at radius 2 is 2.31 bits per heavy atom. The van der Waals surface area contributed by atoms with Gasteiger partial charge in [-0.1, -0.05) is 11.6 Å². The zero-order chi connectivity index (χ0) is 9.26. The predicted octanol–water partition coefficient (Wildman–Crippen LogP) is 2.67. The minimum atomic E-state index is 0.659. The molecule has 0 atom stereocenters. The Labute approximate surface area is 82.4 Å². The molecule has 0 saturated heterocycles. The van der Waals surface area contributed by atoms with Crippen LogP contribution in [0.15, 0.2) is 12.1 Å². The van der Waals surface area contributed by atoms with E-state index in [0.717, 1.165) is 25.2 Å². The van der Waals surface area contributed by atoms with Gasteiger partial charge in [0.15, 0.2) is 0 Å². The molecular weight excluding hydrogens is 188 g/mol. The Bertz CT molecular complexity index is 323. The fourth-order valence-corrected chi connectivity index (χ4v) is 1.77. The van der Waals surface area contributed by atoms with Crippen molar-refractivity contribution in [1.29, 1.82) is 0 Å². The highest BCUT2D eigenvalue weighted by Crippen LogP contribution is 2.34. The van der Waals surface area contributed by atoms with Gasteiger partial charge in [0, 0.05) is 6.07 Å². The molecular formula is C10H11ClO2. The number of benzene rings is 1. The van der Waals surface area contributed by atoms with Crippen LogP contribution in [0, 0.1) is 0 Å². The summed E-state index contributed by atoms with van der Waals surface area (Å²) in [5.41, 5.74) is 1.18. The number of hydrogen-bond donors (Lipinski definition) is 0. The molecule has 0 aromatic heterocycles. The largest absolute Gasteiger partial charge is 0.495 e. The second-order valence-electron chi connectivity index (χ2n) is 3.05. The third-order valence-electron chi connectivity index (χ3n) is 2.18. The first-order valence-corrected chi connectivity index (χ1v) is 4.68. The van der Waals surface area contributed by atoms with Crippen molar-refractivity contribution < 1.29 is 9.47 Å². The van der Waals surface area contributed by atoms with Crippen molar-refractivity contribution in [2.24, 2.45) is 0 Å². The molecule has 3 heteroatoms. The lowest BCUT2D eigenvalue weighted by atomic mass is 10.1. The molecule has 0 fully saturated rings. The number of aryl methyl sites for hydroxylation is 1. The topological polar surface area (TPSA) is 18.5 Å². The monoisotopic (exact) mass is 198 g/mol. The molecule has 0 saturated carbocycles. The summed E-state index contributed by atoms with van der Waals surface area (Å²) in [5, 5.41) is 0.659. The second kappa shape index (κ2) is 3.46. The van der Waals surface area contributed by atoms with Crippen molar-refractivity contribution in [3.05, 3.63) is 22.7 Å². The molecule has 2 rings (SSSR count). The van der Waals surface area contributed by atoms with E-state index in [2.05, 4.69) is 0 Å². The third kappa shape index (κ3) is 1.59. The minimum Gasteiger partial charge on any atom is -0.495 e. The van der Waals surface area contributed by atoms with Crippen LogP contribution in [0.25, 0.3) is 0 Å². The van der Waals surface area contributed by atoms with Crippen LogP contribution in [0.1, 0.15) is 12.0 Å². The van der Waals surface area contributed by atoms with Crippen molar-refractivity contribution in [3.63, 3.8) is 0 Å². The molecule has 0 unspecified atom stereocenters. The highest BCUT2D eigenvalue weighted by atomic mass is 35.5. The van der Waals surface area contributed by atoms with E-state index < -0.39 is 0 Å². The van der Waals surface area contributed by atoms with Gasteiger partial charge in [-0.25, -0.2) is 0 Å². The molecule has 1 aliphatic rings. The molecule has 1 aliphatic heterocycles. The molecule has 2 nitrogen and oxygen atoms in total. The van der Waals surface area contributed by atoms with E-state index in [0.29, 0.717) is 10.8 Å². The van der Waals surface area contributed by atoms with Crippen LogP contribution in [0.2, 0.25) is 5.02 Å². The Morgan fingerprint density at radius 1 is 1.46 bits per heavy atom. The number of halogens is 1. The summed E-state index contributed by atoms with van der Waals surface area (Å²) in [7, 11) is 1.61. The lowest BCUT2D eigenvalue weighted by molar-refractivity contribution is 0.286. The minimum absolute atomic E-state index is 0.659. The number of ether oxygens (including phenoxy) is 2. The van der Waals surface area contributed by atoms with Gasteiger partial charge < -0.3 is 9.47 Å². The van der Waals surface area contributed by atoms with Crippen molar-refractivity contribution in [2.75, 3.05) is 13.7 Å². The van der Waals surface area contributed by atoms with Crippen molar-refractivity contribution >= 4 is 11.6 Å². The fourth-order valence-electron chi connectivity index (χ4n) is 1.51. The SMILES string of the molecule is COc1cc2c(cc1Cl)CCCO2. The van der Waals surface area contributed by atoms with Gasteiger partial charge in [0.2, 0.25) is 0 Å². The summed E-state index contributed by atoms with van der Waals surface area (Å²) >= 11 is 5.98. The van der Waals surface area contributed by atoms with E-state index in [4.69, 9.17) is 21.1 Å². The standard InChI is InChI=1S/C10H11ClO2/c1-12-10-6-9-7(5-8(10)11)3-2-4-13-9/h5-6H,2-4H2,1H3. The summed E-state index contributed by atoms with van der Waals surface area (Å²) in [6.07, 6.45) is 2.11. The summed E-state index contributed by atoms with van der Waals surface area (Å²) in [4.78, 5) is 0. The molecule has 0 spiro atoms. The Kier molecular flexibility index (Phi) is 2.32. The molecule has 0 bridgehead atoms. The van der Waals surface area contributed by atoms with Crippen LogP contribution in [0.5, 0.6) is 11.5 Å². The van der Waals surface area contributed by atoms with Crippen LogP contribution in [0.3, 0.4) is 0 Å². The first-order chi connectivity index (χ1) is 6.31. The first kappa shape index (κ1) is 8.70. The molecule has 0 radical (unpaired) electrons. The molecule has 0 amide bonds. The average Bonchev–Trinajstić information content (AvgIpc) is 2.17. The molecule has 70 valence electrons. The summed E-state index contributed by atoms with van der Waals surface area (Å²) in [6, 6.07) is 3.78. The third-order valence-corrected chi connectivity index (χ3v) is 2.48. The van der Waals surface area contributed by atoms with Crippen molar-refractivity contribution in [2.45, 2.75) is 12.8 Å². The van der Waals surface area contributed by atoms with E-state index >= 15 is 0 Å². The van der Waals surface area contributed by atoms with Gasteiger partial charge in [0.05, 0.1) is 18.7 Å². The van der Waals surface area contributed by atoms with Crippen LogP contribution in [0.4, 0.5) is 0 Å². The highest BCUT2D eigenvalue weighted by Gasteiger charge is 2.13. The molecule has 1 aromatic rings. The Hall–Kier alpha value is -0.890. The Morgan fingerprint density at radius 3 is 3.08 bits per heavy atom. The lowest BCUT2D eigenvalue weighted by Crippen LogP contribution is -2.08. The van der Waals surface area contributed by atoms with Crippen LogP contribution < -0.4 is 9.47 Å². The molecule has 0 N–H and O–H groups in total. The van der Waals surface area contributed by atoms with Gasteiger partial charge in [-0.05, 0) is 24.5 Å². The van der Waals surface area contributed by atoms with E-state index in [1.807, 2.05) is 12.1 Å². The van der Waals surface area contributed by atoms with Gasteiger partial charge in [0.25, 0.3) is 0 Å². The lowest BCUT2D eigenvalue weighted by Gasteiger charge is -2.18. The van der Waals surface area contributed by atoms with Gasteiger partial charge in [-0.3, -0.25) is 0 Å². The van der Waals surface area contributed by atoms with Crippen molar-refractivity contribution in [3.8, 4) is 11.5 Å². The smallest absolute Gasteiger partial charge is 0.141 e. The summed E-state index contributed by atoms with van der Waals surface area (Å²) < 4.78 is 10.6. The van der Waals surface area contributed by atoms with Gasteiger partial charge in [0.1, 0.15) is 11.5 Å². The molecule has 1 aromatic carbocycles. The maximum Gasteiger partial charge on any atom is 0.141 e. The highest BCUT2D eigenvalue weighted by molar-refractivity contribution is 6.32. The van der Waals surface area contributed by atoms with Gasteiger partial charge in [-0.2, -0.15) is 0 Å². The summed E-state index contributed by atoms with van der Waals surface area (Å²) in [6.45, 7) is 0.789. The average molecular weight is 199 g/mol. The number of fused-ring (bicyclic) bond motifs is 1. The van der Waals surface area contributed by atoms with E-state index in [9.17, 15) is 0 Å². The van der Waals surface area contributed by atoms with E-state index in [-0.39, 0.29) is 0 Å². The Balaban J connectivity index is 2.44.